The lowest BCUT2D eigenvalue weighted by molar-refractivity contribution is 1.24. The molecule has 0 saturated heterocycles. The number of benzene rings is 2. The van der Waals surface area contributed by atoms with Gasteiger partial charge in [-0.1, -0.05) is 97.1 Å². The lowest BCUT2D eigenvalue weighted by Gasteiger charge is -2.02. The van der Waals surface area contributed by atoms with Gasteiger partial charge < -0.3 is 0 Å². The van der Waals surface area contributed by atoms with Crippen molar-refractivity contribution >= 4 is 24.3 Å². The van der Waals surface area contributed by atoms with Crippen LogP contribution >= 0.6 is 0 Å². The van der Waals surface area contributed by atoms with Crippen LogP contribution in [0.25, 0.3) is 35.7 Å². The summed E-state index contributed by atoms with van der Waals surface area (Å²) in [6, 6.07) is 28.6. The maximum Gasteiger partial charge on any atom is 0.0886 e. The van der Waals surface area contributed by atoms with E-state index in [0.29, 0.717) is 0 Å². The molecule has 2 heteroatoms. The van der Waals surface area contributed by atoms with Crippen LogP contribution in [-0.4, -0.2) is 9.97 Å². The quantitative estimate of drug-likeness (QED) is 0.407. The molecule has 0 spiro atoms. The molecule has 0 atom stereocenters. The lowest BCUT2D eigenvalue weighted by atomic mass is 10.1. The molecule has 134 valence electrons. The molecule has 4 aromatic rings. The molecule has 0 N–H and O–H groups in total. The third kappa shape index (κ3) is 4.68. The molecule has 2 aromatic carbocycles. The molecule has 2 heterocycles. The number of rotatable bonds is 5. The zero-order valence-corrected chi connectivity index (χ0v) is 15.4. The normalized spacial score (nSPS) is 11.3. The minimum atomic E-state index is 0.871. The zero-order valence-electron chi connectivity index (χ0n) is 15.4. The Hall–Kier alpha value is -3.78. The van der Waals surface area contributed by atoms with Gasteiger partial charge in [0.2, 0.25) is 0 Å². The summed E-state index contributed by atoms with van der Waals surface area (Å²) in [6.45, 7) is 0. The van der Waals surface area contributed by atoms with E-state index in [1.165, 1.54) is 11.1 Å². The number of aromatic nitrogens is 2. The number of nitrogens with zero attached hydrogens (tertiary/aromatic N) is 2. The Labute approximate surface area is 165 Å². The van der Waals surface area contributed by atoms with Crippen LogP contribution in [0.4, 0.5) is 0 Å². The Morgan fingerprint density at radius 3 is 1.14 bits per heavy atom. The minimum Gasteiger partial charge on any atom is -0.254 e. The van der Waals surface area contributed by atoms with Gasteiger partial charge in [-0.05, 0) is 34.4 Å². The Morgan fingerprint density at radius 2 is 0.786 bits per heavy atom. The second-order valence-corrected chi connectivity index (χ2v) is 6.44. The van der Waals surface area contributed by atoms with E-state index in [0.717, 1.165) is 22.5 Å². The van der Waals surface area contributed by atoms with Crippen molar-refractivity contribution in [2.45, 2.75) is 0 Å². The molecule has 0 aliphatic carbocycles. The molecular weight excluding hydrogens is 340 g/mol. The molecule has 0 aliphatic rings. The van der Waals surface area contributed by atoms with Crippen molar-refractivity contribution in [3.63, 3.8) is 0 Å². The van der Waals surface area contributed by atoms with Gasteiger partial charge in [0.1, 0.15) is 0 Å². The highest BCUT2D eigenvalue weighted by Crippen LogP contribution is 2.17. The third-order valence-corrected chi connectivity index (χ3v) is 4.37. The third-order valence-electron chi connectivity index (χ3n) is 4.37. The maximum absolute atomic E-state index is 4.55. The minimum absolute atomic E-state index is 0.871. The van der Waals surface area contributed by atoms with Gasteiger partial charge in [-0.3, -0.25) is 9.97 Å². The molecule has 0 amide bonds. The van der Waals surface area contributed by atoms with Crippen LogP contribution in [0, 0.1) is 0 Å². The van der Waals surface area contributed by atoms with Crippen LogP contribution in [0.5, 0.6) is 0 Å². The van der Waals surface area contributed by atoms with Gasteiger partial charge in [0, 0.05) is 12.4 Å². The van der Waals surface area contributed by atoms with E-state index >= 15 is 0 Å². The first-order valence-corrected chi connectivity index (χ1v) is 9.26. The Bertz CT molecular complexity index is 972. The van der Waals surface area contributed by atoms with Crippen molar-refractivity contribution in [3.05, 3.63) is 120 Å². The largest absolute Gasteiger partial charge is 0.254 e. The predicted molar refractivity (Wildman–Crippen MR) is 118 cm³/mol. The number of hydrogen-bond acceptors (Lipinski definition) is 2. The van der Waals surface area contributed by atoms with Gasteiger partial charge in [-0.2, -0.15) is 0 Å². The van der Waals surface area contributed by atoms with Crippen LogP contribution in [-0.2, 0) is 0 Å². The van der Waals surface area contributed by atoms with Crippen molar-refractivity contribution in [3.8, 4) is 11.4 Å². The molecule has 0 bridgehead atoms. The smallest absolute Gasteiger partial charge is 0.0886 e. The van der Waals surface area contributed by atoms with Crippen molar-refractivity contribution < 1.29 is 0 Å². The van der Waals surface area contributed by atoms with Crippen LogP contribution in [0.1, 0.15) is 22.3 Å². The first kappa shape index (κ1) is 17.6. The Morgan fingerprint density at radius 1 is 0.393 bits per heavy atom. The highest BCUT2D eigenvalue weighted by Gasteiger charge is 2.00. The van der Waals surface area contributed by atoms with Crippen molar-refractivity contribution in [1.29, 1.82) is 0 Å². The summed E-state index contributed by atoms with van der Waals surface area (Å²) in [5, 5.41) is 0. The van der Waals surface area contributed by atoms with Gasteiger partial charge in [-0.15, -0.1) is 0 Å². The van der Waals surface area contributed by atoms with Crippen LogP contribution < -0.4 is 0 Å². The van der Waals surface area contributed by atoms with Crippen molar-refractivity contribution in [1.82, 2.24) is 9.97 Å². The van der Waals surface area contributed by atoms with Crippen LogP contribution in [0.3, 0.4) is 0 Å². The standard InChI is InChI=1S/C26H20N2/c1-3-7-21(8-4-1)11-13-23-15-17-25(27-19-23)26-18-16-24(20-28-26)14-12-22-9-5-2-6-10-22/h1-20H. The average molecular weight is 360 g/mol. The van der Waals surface area contributed by atoms with Crippen LogP contribution in [0.2, 0.25) is 0 Å². The van der Waals surface area contributed by atoms with Crippen molar-refractivity contribution in [2.75, 3.05) is 0 Å². The summed E-state index contributed by atoms with van der Waals surface area (Å²) in [7, 11) is 0. The molecule has 0 fully saturated rings. The van der Waals surface area contributed by atoms with Crippen molar-refractivity contribution in [2.24, 2.45) is 0 Å². The molecule has 0 radical (unpaired) electrons. The van der Waals surface area contributed by atoms with E-state index in [-0.39, 0.29) is 0 Å². The van der Waals surface area contributed by atoms with Crippen LogP contribution in [0.15, 0.2) is 97.3 Å². The fraction of sp³-hybridized carbons (Fsp3) is 0. The second-order valence-electron chi connectivity index (χ2n) is 6.44. The summed E-state index contributed by atoms with van der Waals surface area (Å²) in [5.74, 6) is 0. The van der Waals surface area contributed by atoms with E-state index in [1.807, 2.05) is 60.9 Å². The number of pyridine rings is 2. The molecular formula is C26H20N2. The Balaban J connectivity index is 1.44. The topological polar surface area (TPSA) is 25.8 Å². The molecule has 4 rings (SSSR count). The van der Waals surface area contributed by atoms with Gasteiger partial charge in [0.15, 0.2) is 0 Å². The van der Waals surface area contributed by atoms with E-state index < -0.39 is 0 Å². The van der Waals surface area contributed by atoms with E-state index in [1.54, 1.807) is 0 Å². The molecule has 0 saturated carbocycles. The van der Waals surface area contributed by atoms with Gasteiger partial charge in [-0.25, -0.2) is 0 Å². The van der Waals surface area contributed by atoms with E-state index in [2.05, 4.69) is 70.7 Å². The highest BCUT2D eigenvalue weighted by atomic mass is 14.8. The molecule has 0 aliphatic heterocycles. The summed E-state index contributed by atoms with van der Waals surface area (Å²) < 4.78 is 0. The summed E-state index contributed by atoms with van der Waals surface area (Å²) in [5.41, 5.74) is 6.22. The molecule has 0 unspecified atom stereocenters. The van der Waals surface area contributed by atoms with Gasteiger partial charge in [0.05, 0.1) is 11.4 Å². The number of hydrogen-bond donors (Lipinski definition) is 0. The fourth-order valence-electron chi connectivity index (χ4n) is 2.82. The highest BCUT2D eigenvalue weighted by molar-refractivity contribution is 5.71. The first-order valence-electron chi connectivity index (χ1n) is 9.26. The summed E-state index contributed by atoms with van der Waals surface area (Å²) in [6.07, 6.45) is 12.1. The first-order chi connectivity index (χ1) is 13.9. The van der Waals surface area contributed by atoms with Gasteiger partial charge >= 0.3 is 0 Å². The molecule has 2 aromatic heterocycles. The van der Waals surface area contributed by atoms with E-state index in [9.17, 15) is 0 Å². The predicted octanol–water partition coefficient (Wildman–Crippen LogP) is 6.48. The summed E-state index contributed by atoms with van der Waals surface area (Å²) in [4.78, 5) is 9.11. The summed E-state index contributed by atoms with van der Waals surface area (Å²) >= 11 is 0. The van der Waals surface area contributed by atoms with E-state index in [4.69, 9.17) is 0 Å². The maximum atomic E-state index is 4.55. The average Bonchev–Trinajstić information content (AvgIpc) is 2.78. The SMILES string of the molecule is C(=Cc1ccc(-c2ccc(C=Cc3ccccc3)cn2)nc1)c1ccccc1. The monoisotopic (exact) mass is 360 g/mol. The molecule has 28 heavy (non-hydrogen) atoms. The Kier molecular flexibility index (Phi) is 5.50. The zero-order chi connectivity index (χ0) is 19.0. The fourth-order valence-corrected chi connectivity index (χ4v) is 2.82. The second kappa shape index (κ2) is 8.74. The lowest BCUT2D eigenvalue weighted by Crippen LogP contribution is -1.88. The molecule has 2 nitrogen and oxygen atoms in total. The van der Waals surface area contributed by atoms with Gasteiger partial charge in [0.25, 0.3) is 0 Å².